The number of rotatable bonds is 2. The standard InChI is InChI=1S/C8H17N/c1-6(2)5-7(3)8(4)9/h5-6,8H,9H2,1-4H3/b7-5-. The molecule has 0 aromatic heterocycles. The molecule has 0 fully saturated rings. The van der Waals surface area contributed by atoms with E-state index >= 15 is 0 Å². The van der Waals surface area contributed by atoms with Crippen LogP contribution in [0.15, 0.2) is 11.6 Å². The maximum absolute atomic E-state index is 5.62. The minimum atomic E-state index is 0.215. The summed E-state index contributed by atoms with van der Waals surface area (Å²) in [5.41, 5.74) is 6.90. The molecule has 54 valence electrons. The van der Waals surface area contributed by atoms with E-state index in [0.29, 0.717) is 5.92 Å². The average molecular weight is 127 g/mol. The highest BCUT2D eigenvalue weighted by molar-refractivity contribution is 5.05. The first kappa shape index (κ1) is 8.70. The molecule has 0 aliphatic heterocycles. The van der Waals surface area contributed by atoms with Crippen LogP contribution in [0.2, 0.25) is 0 Å². The van der Waals surface area contributed by atoms with Crippen molar-refractivity contribution >= 4 is 0 Å². The lowest BCUT2D eigenvalue weighted by Crippen LogP contribution is -2.16. The van der Waals surface area contributed by atoms with Crippen LogP contribution in [0.3, 0.4) is 0 Å². The largest absolute Gasteiger partial charge is 0.324 e. The molecule has 0 saturated carbocycles. The van der Waals surface area contributed by atoms with Crippen molar-refractivity contribution in [3.05, 3.63) is 11.6 Å². The second kappa shape index (κ2) is 3.67. The lowest BCUT2D eigenvalue weighted by atomic mass is 10.1. The fourth-order valence-electron chi connectivity index (χ4n) is 0.678. The van der Waals surface area contributed by atoms with Crippen LogP contribution in [0.25, 0.3) is 0 Å². The molecule has 0 heterocycles. The van der Waals surface area contributed by atoms with E-state index in [2.05, 4.69) is 26.8 Å². The summed E-state index contributed by atoms with van der Waals surface area (Å²) >= 11 is 0. The molecule has 0 aromatic rings. The van der Waals surface area contributed by atoms with Crippen molar-refractivity contribution in [1.82, 2.24) is 0 Å². The highest BCUT2D eigenvalue weighted by Crippen LogP contribution is 2.03. The van der Waals surface area contributed by atoms with Crippen LogP contribution in [0, 0.1) is 5.92 Å². The highest BCUT2D eigenvalue weighted by Gasteiger charge is 1.95. The quantitative estimate of drug-likeness (QED) is 0.564. The van der Waals surface area contributed by atoms with Crippen LogP contribution in [0.4, 0.5) is 0 Å². The summed E-state index contributed by atoms with van der Waals surface area (Å²) in [6.07, 6.45) is 2.20. The smallest absolute Gasteiger partial charge is 0.0222 e. The molecule has 0 spiro atoms. The summed E-state index contributed by atoms with van der Waals surface area (Å²) in [7, 11) is 0. The number of hydrogen-bond donors (Lipinski definition) is 1. The van der Waals surface area contributed by atoms with Gasteiger partial charge in [-0.15, -0.1) is 0 Å². The van der Waals surface area contributed by atoms with Crippen molar-refractivity contribution in [3.8, 4) is 0 Å². The van der Waals surface area contributed by atoms with E-state index < -0.39 is 0 Å². The Bertz CT molecular complexity index is 101. The first-order valence-corrected chi connectivity index (χ1v) is 3.48. The maximum Gasteiger partial charge on any atom is 0.0222 e. The molecule has 0 amide bonds. The van der Waals surface area contributed by atoms with Gasteiger partial charge in [-0.25, -0.2) is 0 Å². The van der Waals surface area contributed by atoms with Crippen molar-refractivity contribution in [2.45, 2.75) is 33.7 Å². The molecule has 0 aromatic carbocycles. The third kappa shape index (κ3) is 4.22. The molecule has 0 bridgehead atoms. The van der Waals surface area contributed by atoms with Crippen LogP contribution >= 0.6 is 0 Å². The van der Waals surface area contributed by atoms with Gasteiger partial charge in [-0.05, 0) is 19.8 Å². The lowest BCUT2D eigenvalue weighted by Gasteiger charge is -2.05. The summed E-state index contributed by atoms with van der Waals surface area (Å²) in [5, 5.41) is 0. The third-order valence-corrected chi connectivity index (χ3v) is 1.31. The summed E-state index contributed by atoms with van der Waals surface area (Å²) < 4.78 is 0. The number of allylic oxidation sites excluding steroid dienone is 1. The first-order chi connectivity index (χ1) is 4.04. The predicted octanol–water partition coefficient (Wildman–Crippen LogP) is 1.94. The molecule has 0 radical (unpaired) electrons. The third-order valence-electron chi connectivity index (χ3n) is 1.31. The molecule has 0 aliphatic rings. The van der Waals surface area contributed by atoms with Gasteiger partial charge in [0, 0.05) is 6.04 Å². The molecule has 1 atom stereocenters. The van der Waals surface area contributed by atoms with E-state index in [1.165, 1.54) is 5.57 Å². The van der Waals surface area contributed by atoms with Crippen molar-refractivity contribution in [2.24, 2.45) is 11.7 Å². The number of hydrogen-bond acceptors (Lipinski definition) is 1. The topological polar surface area (TPSA) is 26.0 Å². The summed E-state index contributed by atoms with van der Waals surface area (Å²) in [4.78, 5) is 0. The van der Waals surface area contributed by atoms with Gasteiger partial charge >= 0.3 is 0 Å². The van der Waals surface area contributed by atoms with Crippen LogP contribution in [0.5, 0.6) is 0 Å². The Balaban J connectivity index is 3.84. The van der Waals surface area contributed by atoms with Crippen LogP contribution in [-0.4, -0.2) is 6.04 Å². The van der Waals surface area contributed by atoms with Gasteiger partial charge in [-0.2, -0.15) is 0 Å². The van der Waals surface area contributed by atoms with Gasteiger partial charge in [0.25, 0.3) is 0 Å². The number of nitrogens with two attached hydrogens (primary N) is 1. The lowest BCUT2D eigenvalue weighted by molar-refractivity contribution is 0.781. The fourth-order valence-corrected chi connectivity index (χ4v) is 0.678. The Morgan fingerprint density at radius 2 is 1.78 bits per heavy atom. The molecular formula is C8H17N. The molecular weight excluding hydrogens is 110 g/mol. The monoisotopic (exact) mass is 127 g/mol. The van der Waals surface area contributed by atoms with Crippen molar-refractivity contribution in [2.75, 3.05) is 0 Å². The Hall–Kier alpha value is -0.300. The zero-order valence-electron chi connectivity index (χ0n) is 6.81. The van der Waals surface area contributed by atoms with Crippen molar-refractivity contribution in [3.63, 3.8) is 0 Å². The zero-order valence-corrected chi connectivity index (χ0v) is 6.81. The molecule has 0 aliphatic carbocycles. The first-order valence-electron chi connectivity index (χ1n) is 3.48. The average Bonchev–Trinajstić information content (AvgIpc) is 1.63. The minimum absolute atomic E-state index is 0.215. The van der Waals surface area contributed by atoms with Gasteiger partial charge in [-0.1, -0.05) is 25.5 Å². The highest BCUT2D eigenvalue weighted by atomic mass is 14.6. The zero-order chi connectivity index (χ0) is 7.44. The molecule has 1 heteroatoms. The van der Waals surface area contributed by atoms with Gasteiger partial charge in [0.05, 0.1) is 0 Å². The van der Waals surface area contributed by atoms with Gasteiger partial charge in [0.2, 0.25) is 0 Å². The maximum atomic E-state index is 5.62. The molecule has 1 unspecified atom stereocenters. The molecule has 2 N–H and O–H groups in total. The normalized spacial score (nSPS) is 16.4. The van der Waals surface area contributed by atoms with Crippen LogP contribution in [0.1, 0.15) is 27.7 Å². The van der Waals surface area contributed by atoms with Gasteiger partial charge in [-0.3, -0.25) is 0 Å². The predicted molar refractivity (Wildman–Crippen MR) is 42.2 cm³/mol. The minimum Gasteiger partial charge on any atom is -0.324 e. The summed E-state index contributed by atoms with van der Waals surface area (Å²) in [6.45, 7) is 8.40. The molecule has 0 rings (SSSR count). The van der Waals surface area contributed by atoms with E-state index in [-0.39, 0.29) is 6.04 Å². The Morgan fingerprint density at radius 1 is 1.33 bits per heavy atom. The van der Waals surface area contributed by atoms with E-state index in [4.69, 9.17) is 5.73 Å². The van der Waals surface area contributed by atoms with Gasteiger partial charge in [0.15, 0.2) is 0 Å². The summed E-state index contributed by atoms with van der Waals surface area (Å²) in [6, 6.07) is 0.215. The Labute approximate surface area is 57.9 Å². The van der Waals surface area contributed by atoms with E-state index in [1.807, 2.05) is 6.92 Å². The van der Waals surface area contributed by atoms with Crippen molar-refractivity contribution < 1.29 is 0 Å². The van der Waals surface area contributed by atoms with E-state index in [9.17, 15) is 0 Å². The fraction of sp³-hybridized carbons (Fsp3) is 0.750. The van der Waals surface area contributed by atoms with Crippen LogP contribution in [-0.2, 0) is 0 Å². The van der Waals surface area contributed by atoms with Crippen LogP contribution < -0.4 is 5.73 Å². The van der Waals surface area contributed by atoms with Crippen molar-refractivity contribution in [1.29, 1.82) is 0 Å². The molecule has 1 nitrogen and oxygen atoms in total. The summed E-state index contributed by atoms with van der Waals surface area (Å²) in [5.74, 6) is 0.621. The SMILES string of the molecule is C/C(=C/C(C)C)C(C)N. The van der Waals surface area contributed by atoms with E-state index in [0.717, 1.165) is 0 Å². The van der Waals surface area contributed by atoms with E-state index in [1.54, 1.807) is 0 Å². The Morgan fingerprint density at radius 3 is 1.89 bits per heavy atom. The van der Waals surface area contributed by atoms with Gasteiger partial charge < -0.3 is 5.73 Å². The molecule has 0 saturated heterocycles. The Kier molecular flexibility index (Phi) is 3.55. The molecule has 9 heavy (non-hydrogen) atoms. The van der Waals surface area contributed by atoms with Gasteiger partial charge in [0.1, 0.15) is 0 Å². The second-order valence-corrected chi connectivity index (χ2v) is 2.94. The second-order valence-electron chi connectivity index (χ2n) is 2.94.